The van der Waals surface area contributed by atoms with Crippen LogP contribution >= 0.6 is 0 Å². The fourth-order valence-electron chi connectivity index (χ4n) is 2.18. The third-order valence-corrected chi connectivity index (χ3v) is 3.13. The van der Waals surface area contributed by atoms with E-state index in [1.165, 1.54) is 5.56 Å². The standard InChI is InChI=1S/C13H19N3O/c1-14-8-5-9-16-10-11-6-3-4-7-12(11)15(2)13(16)17/h3-4,6-7,14H,5,8-10H2,1-2H3. The monoisotopic (exact) mass is 233 g/mol. The normalized spacial score (nSPS) is 15.1. The fourth-order valence-corrected chi connectivity index (χ4v) is 2.18. The lowest BCUT2D eigenvalue weighted by atomic mass is 10.1. The van der Waals surface area contributed by atoms with Gasteiger partial charge in [0.05, 0.1) is 5.69 Å². The molecule has 1 heterocycles. The predicted molar refractivity (Wildman–Crippen MR) is 69.2 cm³/mol. The lowest BCUT2D eigenvalue weighted by Gasteiger charge is -2.35. The maximum atomic E-state index is 12.1. The van der Waals surface area contributed by atoms with Crippen molar-refractivity contribution >= 4 is 11.7 Å². The molecular weight excluding hydrogens is 214 g/mol. The second-order valence-electron chi connectivity index (χ2n) is 4.35. The number of nitrogens with one attached hydrogen (secondary N) is 1. The summed E-state index contributed by atoms with van der Waals surface area (Å²) in [6.07, 6.45) is 0.984. The van der Waals surface area contributed by atoms with E-state index < -0.39 is 0 Å². The molecule has 17 heavy (non-hydrogen) atoms. The second kappa shape index (κ2) is 5.19. The highest BCUT2D eigenvalue weighted by Crippen LogP contribution is 2.26. The number of carbonyl (C=O) groups excluding carboxylic acids is 1. The first-order valence-corrected chi connectivity index (χ1v) is 5.99. The fraction of sp³-hybridized carbons (Fsp3) is 0.462. The van der Waals surface area contributed by atoms with Gasteiger partial charge in [-0.3, -0.25) is 4.90 Å². The molecule has 1 aromatic carbocycles. The summed E-state index contributed by atoms with van der Waals surface area (Å²) in [6, 6.07) is 8.18. The lowest BCUT2D eigenvalue weighted by molar-refractivity contribution is 0.199. The molecule has 0 aromatic heterocycles. The smallest absolute Gasteiger partial charge is 0.320 e. The Morgan fingerprint density at radius 2 is 2.12 bits per heavy atom. The van der Waals surface area contributed by atoms with Gasteiger partial charge in [-0.1, -0.05) is 18.2 Å². The van der Waals surface area contributed by atoms with Crippen molar-refractivity contribution in [2.45, 2.75) is 13.0 Å². The highest BCUT2D eigenvalue weighted by molar-refractivity contribution is 5.94. The van der Waals surface area contributed by atoms with Gasteiger partial charge in [-0.2, -0.15) is 0 Å². The molecule has 0 saturated carbocycles. The van der Waals surface area contributed by atoms with E-state index in [9.17, 15) is 4.79 Å². The molecule has 0 bridgehead atoms. The van der Waals surface area contributed by atoms with Crippen LogP contribution in [0.3, 0.4) is 0 Å². The Kier molecular flexibility index (Phi) is 3.64. The molecule has 0 fully saturated rings. The van der Waals surface area contributed by atoms with Crippen LogP contribution in [0.15, 0.2) is 24.3 Å². The van der Waals surface area contributed by atoms with E-state index in [1.54, 1.807) is 4.90 Å². The number of hydrogen-bond donors (Lipinski definition) is 1. The minimum atomic E-state index is 0.0970. The molecule has 0 saturated heterocycles. The zero-order valence-corrected chi connectivity index (χ0v) is 10.4. The van der Waals surface area contributed by atoms with Gasteiger partial charge in [-0.15, -0.1) is 0 Å². The van der Waals surface area contributed by atoms with E-state index in [0.29, 0.717) is 0 Å². The Bertz CT molecular complexity index is 405. The topological polar surface area (TPSA) is 35.6 Å². The quantitative estimate of drug-likeness (QED) is 0.803. The first-order chi connectivity index (χ1) is 8.24. The number of hydrogen-bond acceptors (Lipinski definition) is 2. The minimum absolute atomic E-state index is 0.0970. The summed E-state index contributed by atoms with van der Waals surface area (Å²) in [4.78, 5) is 15.8. The van der Waals surface area contributed by atoms with Crippen molar-refractivity contribution in [1.29, 1.82) is 0 Å². The molecule has 0 unspecified atom stereocenters. The van der Waals surface area contributed by atoms with Crippen LogP contribution in [0.4, 0.5) is 10.5 Å². The zero-order valence-electron chi connectivity index (χ0n) is 10.4. The summed E-state index contributed by atoms with van der Waals surface area (Å²) >= 11 is 0. The summed E-state index contributed by atoms with van der Waals surface area (Å²) in [5.41, 5.74) is 2.25. The molecule has 0 aliphatic carbocycles. The highest BCUT2D eigenvalue weighted by Gasteiger charge is 2.26. The van der Waals surface area contributed by atoms with Crippen LogP contribution in [0.5, 0.6) is 0 Å². The number of benzene rings is 1. The zero-order chi connectivity index (χ0) is 12.3. The van der Waals surface area contributed by atoms with Gasteiger partial charge in [-0.05, 0) is 31.6 Å². The van der Waals surface area contributed by atoms with Crippen LogP contribution in [-0.4, -0.2) is 38.1 Å². The molecule has 1 aromatic rings. The van der Waals surface area contributed by atoms with Crippen LogP contribution in [0.25, 0.3) is 0 Å². The first kappa shape index (κ1) is 11.9. The number of amides is 2. The Balaban J connectivity index is 2.11. The van der Waals surface area contributed by atoms with Gasteiger partial charge in [-0.25, -0.2) is 4.79 Å². The Hall–Kier alpha value is -1.55. The van der Waals surface area contributed by atoms with Crippen molar-refractivity contribution in [3.8, 4) is 0 Å². The van der Waals surface area contributed by atoms with Crippen molar-refractivity contribution in [2.75, 3.05) is 32.1 Å². The van der Waals surface area contributed by atoms with Crippen LogP contribution in [-0.2, 0) is 6.54 Å². The Morgan fingerprint density at radius 1 is 1.35 bits per heavy atom. The molecule has 0 atom stereocenters. The van der Waals surface area contributed by atoms with Crippen molar-refractivity contribution in [2.24, 2.45) is 0 Å². The maximum Gasteiger partial charge on any atom is 0.324 e. The summed E-state index contributed by atoms with van der Waals surface area (Å²) in [5.74, 6) is 0. The van der Waals surface area contributed by atoms with E-state index in [2.05, 4.69) is 11.4 Å². The molecule has 1 aliphatic heterocycles. The molecule has 4 heteroatoms. The number of fused-ring (bicyclic) bond motifs is 1. The van der Waals surface area contributed by atoms with E-state index in [4.69, 9.17) is 0 Å². The molecule has 4 nitrogen and oxygen atoms in total. The third kappa shape index (κ3) is 2.42. The Morgan fingerprint density at radius 3 is 2.88 bits per heavy atom. The highest BCUT2D eigenvalue weighted by atomic mass is 16.2. The number of urea groups is 1. The van der Waals surface area contributed by atoms with Crippen molar-refractivity contribution < 1.29 is 4.79 Å². The summed E-state index contributed by atoms with van der Waals surface area (Å²) in [7, 11) is 3.77. The molecule has 1 N–H and O–H groups in total. The number of anilines is 1. The molecule has 1 aliphatic rings. The largest absolute Gasteiger partial charge is 0.324 e. The molecular formula is C13H19N3O. The molecule has 2 amide bonds. The van der Waals surface area contributed by atoms with E-state index in [-0.39, 0.29) is 6.03 Å². The van der Waals surface area contributed by atoms with Gasteiger partial charge in [0.2, 0.25) is 0 Å². The number of para-hydroxylation sites is 1. The van der Waals surface area contributed by atoms with Crippen LogP contribution in [0, 0.1) is 0 Å². The summed E-state index contributed by atoms with van der Waals surface area (Å²) < 4.78 is 0. The maximum absolute atomic E-state index is 12.1. The van der Waals surface area contributed by atoms with Crippen molar-refractivity contribution in [1.82, 2.24) is 10.2 Å². The van der Waals surface area contributed by atoms with Gasteiger partial charge in [0.25, 0.3) is 0 Å². The second-order valence-corrected chi connectivity index (χ2v) is 4.35. The van der Waals surface area contributed by atoms with Gasteiger partial charge < -0.3 is 10.2 Å². The summed E-state index contributed by atoms with van der Waals surface area (Å²) in [6.45, 7) is 2.47. The predicted octanol–water partition coefficient (Wildman–Crippen LogP) is 1.67. The van der Waals surface area contributed by atoms with Crippen LogP contribution in [0.2, 0.25) is 0 Å². The summed E-state index contributed by atoms with van der Waals surface area (Å²) in [5, 5.41) is 3.10. The molecule has 0 radical (unpaired) electrons. The van der Waals surface area contributed by atoms with Gasteiger partial charge in [0.15, 0.2) is 0 Å². The molecule has 2 rings (SSSR count). The van der Waals surface area contributed by atoms with Crippen molar-refractivity contribution in [3.63, 3.8) is 0 Å². The minimum Gasteiger partial charge on any atom is -0.320 e. The average molecular weight is 233 g/mol. The average Bonchev–Trinajstić information content (AvgIpc) is 2.35. The SMILES string of the molecule is CNCCCN1Cc2ccccc2N(C)C1=O. The number of rotatable bonds is 4. The first-order valence-electron chi connectivity index (χ1n) is 5.99. The third-order valence-electron chi connectivity index (χ3n) is 3.13. The lowest BCUT2D eigenvalue weighted by Crippen LogP contribution is -2.45. The Labute approximate surface area is 102 Å². The molecule has 92 valence electrons. The number of nitrogens with zero attached hydrogens (tertiary/aromatic N) is 2. The van der Waals surface area contributed by atoms with Gasteiger partial charge in [0, 0.05) is 20.1 Å². The van der Waals surface area contributed by atoms with Crippen molar-refractivity contribution in [3.05, 3.63) is 29.8 Å². The molecule has 0 spiro atoms. The van der Waals surface area contributed by atoms with Gasteiger partial charge >= 0.3 is 6.03 Å². The van der Waals surface area contributed by atoms with E-state index >= 15 is 0 Å². The van der Waals surface area contributed by atoms with Gasteiger partial charge in [0.1, 0.15) is 0 Å². The number of carbonyl (C=O) groups is 1. The van der Waals surface area contributed by atoms with Crippen LogP contribution in [0.1, 0.15) is 12.0 Å². The van der Waals surface area contributed by atoms with Crippen LogP contribution < -0.4 is 10.2 Å². The van der Waals surface area contributed by atoms with E-state index in [0.717, 1.165) is 31.7 Å². The van der Waals surface area contributed by atoms with E-state index in [1.807, 2.05) is 37.2 Å².